The first kappa shape index (κ1) is 12.3. The normalized spacial score (nSPS) is 11.0. The lowest BCUT2D eigenvalue weighted by Gasteiger charge is -2.02. The Balaban J connectivity index is 1.82. The van der Waals surface area contributed by atoms with Gasteiger partial charge in [-0.05, 0) is 28.5 Å². The maximum atomic E-state index is 5.71. The monoisotopic (exact) mass is 246 g/mol. The molecule has 1 aromatic carbocycles. The third-order valence-electron chi connectivity index (χ3n) is 2.62. The van der Waals surface area contributed by atoms with Crippen LogP contribution >= 0.6 is 11.3 Å². The molecule has 1 aromatic heterocycles. The van der Waals surface area contributed by atoms with E-state index < -0.39 is 0 Å². The molecule has 0 atom stereocenters. The van der Waals surface area contributed by atoms with Gasteiger partial charge in [-0.15, -0.1) is 11.3 Å². The summed E-state index contributed by atoms with van der Waals surface area (Å²) < 4.78 is 5.71. The molecule has 0 radical (unpaired) electrons. The van der Waals surface area contributed by atoms with Crippen LogP contribution in [0.5, 0.6) is 0 Å². The van der Waals surface area contributed by atoms with Gasteiger partial charge in [-0.2, -0.15) is 0 Å². The molecule has 0 amide bonds. The first-order valence-corrected chi connectivity index (χ1v) is 6.82. The zero-order valence-corrected chi connectivity index (χ0v) is 11.2. The summed E-state index contributed by atoms with van der Waals surface area (Å²) >= 11 is 1.82. The molecule has 17 heavy (non-hydrogen) atoms. The molecule has 0 fully saturated rings. The predicted octanol–water partition coefficient (Wildman–Crippen LogP) is 4.59. The van der Waals surface area contributed by atoms with Crippen LogP contribution < -0.4 is 0 Å². The van der Waals surface area contributed by atoms with Gasteiger partial charge in [0, 0.05) is 4.88 Å². The van der Waals surface area contributed by atoms with Crippen molar-refractivity contribution in [3.63, 3.8) is 0 Å². The molecule has 0 unspecified atom stereocenters. The predicted molar refractivity (Wildman–Crippen MR) is 73.3 cm³/mol. The highest BCUT2D eigenvalue weighted by molar-refractivity contribution is 7.10. The highest BCUT2D eigenvalue weighted by Crippen LogP contribution is 2.23. The molecule has 1 heterocycles. The zero-order valence-electron chi connectivity index (χ0n) is 10.3. The fraction of sp³-hybridized carbons (Fsp3) is 0.333. The van der Waals surface area contributed by atoms with Crippen LogP contribution in [0.25, 0.3) is 0 Å². The first-order chi connectivity index (χ1) is 8.25. The van der Waals surface area contributed by atoms with Crippen LogP contribution in [0.15, 0.2) is 41.8 Å². The summed E-state index contributed by atoms with van der Waals surface area (Å²) in [6, 6.07) is 12.5. The second-order valence-electron chi connectivity index (χ2n) is 4.49. The van der Waals surface area contributed by atoms with Gasteiger partial charge >= 0.3 is 0 Å². The van der Waals surface area contributed by atoms with Crippen molar-refractivity contribution in [1.29, 1.82) is 0 Å². The summed E-state index contributed by atoms with van der Waals surface area (Å²) in [6.07, 6.45) is 0. The molecule has 1 nitrogen and oxygen atoms in total. The van der Waals surface area contributed by atoms with Gasteiger partial charge in [0.05, 0.1) is 13.2 Å². The maximum absolute atomic E-state index is 5.71. The largest absolute Gasteiger partial charge is 0.372 e. The summed E-state index contributed by atoms with van der Waals surface area (Å²) in [5.41, 5.74) is 2.52. The van der Waals surface area contributed by atoms with Crippen molar-refractivity contribution in [3.8, 4) is 0 Å². The van der Waals surface area contributed by atoms with Gasteiger partial charge in [0.1, 0.15) is 0 Å². The molecule has 2 heteroatoms. The van der Waals surface area contributed by atoms with E-state index in [1.54, 1.807) is 0 Å². The van der Waals surface area contributed by atoms with Crippen molar-refractivity contribution in [2.45, 2.75) is 33.0 Å². The molecule has 0 aliphatic carbocycles. The molecular formula is C15H18OS. The van der Waals surface area contributed by atoms with E-state index in [4.69, 9.17) is 4.74 Å². The van der Waals surface area contributed by atoms with E-state index in [-0.39, 0.29) is 0 Å². The summed E-state index contributed by atoms with van der Waals surface area (Å²) in [5, 5.41) is 2.19. The Bertz CT molecular complexity index is 445. The molecule has 0 spiro atoms. The van der Waals surface area contributed by atoms with Crippen LogP contribution in [0.3, 0.4) is 0 Å². The number of hydrogen-bond acceptors (Lipinski definition) is 2. The summed E-state index contributed by atoms with van der Waals surface area (Å²) in [6.45, 7) is 5.84. The number of benzene rings is 1. The Morgan fingerprint density at radius 3 is 2.41 bits per heavy atom. The Hall–Kier alpha value is -1.12. The zero-order chi connectivity index (χ0) is 12.1. The average Bonchev–Trinajstić information content (AvgIpc) is 2.79. The van der Waals surface area contributed by atoms with Gasteiger partial charge in [0.2, 0.25) is 0 Å². The lowest BCUT2D eigenvalue weighted by Crippen LogP contribution is -1.92. The van der Waals surface area contributed by atoms with Gasteiger partial charge in [0.15, 0.2) is 0 Å². The number of thiophene rings is 1. The smallest absolute Gasteiger partial charge is 0.0729 e. The fourth-order valence-electron chi connectivity index (χ4n) is 1.63. The second kappa shape index (κ2) is 5.99. The molecule has 0 aliphatic heterocycles. The lowest BCUT2D eigenvalue weighted by molar-refractivity contribution is 0.107. The molecule has 2 rings (SSSR count). The average molecular weight is 246 g/mol. The van der Waals surface area contributed by atoms with Crippen molar-refractivity contribution in [3.05, 3.63) is 57.8 Å². The van der Waals surface area contributed by atoms with Crippen LogP contribution in [0, 0.1) is 0 Å². The molecule has 90 valence electrons. The van der Waals surface area contributed by atoms with E-state index in [9.17, 15) is 0 Å². The van der Waals surface area contributed by atoms with Crippen LogP contribution in [-0.2, 0) is 18.0 Å². The van der Waals surface area contributed by atoms with E-state index in [1.807, 2.05) is 29.5 Å². The van der Waals surface area contributed by atoms with Gasteiger partial charge in [-0.3, -0.25) is 0 Å². The number of hydrogen-bond donors (Lipinski definition) is 0. The third-order valence-corrected chi connectivity index (χ3v) is 3.91. The highest BCUT2D eigenvalue weighted by atomic mass is 32.1. The van der Waals surface area contributed by atoms with Gasteiger partial charge in [-0.25, -0.2) is 0 Å². The number of ether oxygens (including phenoxy) is 1. The maximum Gasteiger partial charge on any atom is 0.0729 e. The van der Waals surface area contributed by atoms with Crippen LogP contribution in [-0.4, -0.2) is 0 Å². The molecule has 0 saturated carbocycles. The topological polar surface area (TPSA) is 9.23 Å². The Labute approximate surface area is 107 Å². The number of rotatable bonds is 5. The molecule has 0 saturated heterocycles. The highest BCUT2D eigenvalue weighted by Gasteiger charge is 2.03. The second-order valence-corrected chi connectivity index (χ2v) is 5.43. The van der Waals surface area contributed by atoms with Crippen LogP contribution in [0.2, 0.25) is 0 Å². The summed E-state index contributed by atoms with van der Waals surface area (Å²) in [4.78, 5) is 1.43. The molecule has 0 N–H and O–H groups in total. The summed E-state index contributed by atoms with van der Waals surface area (Å²) in [5.74, 6) is 0.614. The minimum absolute atomic E-state index is 0.614. The van der Waals surface area contributed by atoms with Crippen molar-refractivity contribution in [2.24, 2.45) is 0 Å². The van der Waals surface area contributed by atoms with E-state index in [2.05, 4.69) is 37.4 Å². The fourth-order valence-corrected chi connectivity index (χ4v) is 2.55. The quantitative estimate of drug-likeness (QED) is 0.750. The van der Waals surface area contributed by atoms with Crippen molar-refractivity contribution < 1.29 is 4.74 Å². The van der Waals surface area contributed by atoms with E-state index >= 15 is 0 Å². The van der Waals surface area contributed by atoms with Gasteiger partial charge in [0.25, 0.3) is 0 Å². The first-order valence-electron chi connectivity index (χ1n) is 5.94. The van der Waals surface area contributed by atoms with Crippen LogP contribution in [0.4, 0.5) is 0 Å². The summed E-state index contributed by atoms with van der Waals surface area (Å²) in [7, 11) is 0. The van der Waals surface area contributed by atoms with Crippen molar-refractivity contribution >= 4 is 11.3 Å². The van der Waals surface area contributed by atoms with Crippen LogP contribution in [0.1, 0.15) is 35.8 Å². The Morgan fingerprint density at radius 2 is 1.76 bits per heavy atom. The van der Waals surface area contributed by atoms with Gasteiger partial charge < -0.3 is 4.74 Å². The Morgan fingerprint density at radius 1 is 1.06 bits per heavy atom. The van der Waals surface area contributed by atoms with E-state index in [0.29, 0.717) is 19.1 Å². The molecular weight excluding hydrogens is 228 g/mol. The molecule has 2 aromatic rings. The van der Waals surface area contributed by atoms with E-state index in [0.717, 1.165) is 0 Å². The van der Waals surface area contributed by atoms with Gasteiger partial charge in [-0.1, -0.05) is 44.2 Å². The SMILES string of the molecule is CC(C)c1cc(COCc2ccccc2)cs1. The van der Waals surface area contributed by atoms with E-state index in [1.165, 1.54) is 16.0 Å². The lowest BCUT2D eigenvalue weighted by atomic mass is 10.1. The third kappa shape index (κ3) is 3.69. The standard InChI is InChI=1S/C15H18OS/c1-12(2)15-8-14(11-17-15)10-16-9-13-6-4-3-5-7-13/h3-8,11-12H,9-10H2,1-2H3. The van der Waals surface area contributed by atoms with Crippen molar-refractivity contribution in [2.75, 3.05) is 0 Å². The Kier molecular flexibility index (Phi) is 4.35. The van der Waals surface area contributed by atoms with Crippen molar-refractivity contribution in [1.82, 2.24) is 0 Å². The molecule has 0 bridgehead atoms. The minimum Gasteiger partial charge on any atom is -0.372 e. The minimum atomic E-state index is 0.614. The molecule has 0 aliphatic rings.